The Morgan fingerprint density at radius 1 is 1.29 bits per heavy atom. The normalized spacial score (nSPS) is 42.7. The van der Waals surface area contributed by atoms with Gasteiger partial charge in [-0.25, -0.2) is 0 Å². The molecule has 0 radical (unpaired) electrons. The number of hydrogen-bond acceptors (Lipinski definition) is 1. The summed E-state index contributed by atoms with van der Waals surface area (Å²) in [7, 11) is 0. The van der Waals surface area contributed by atoms with Crippen LogP contribution >= 0.6 is 0 Å². The lowest BCUT2D eigenvalue weighted by Crippen LogP contribution is -2.41. The minimum absolute atomic E-state index is 0.129. The molecule has 0 aromatic carbocycles. The molecule has 1 saturated heterocycles. The van der Waals surface area contributed by atoms with Crippen LogP contribution in [0.3, 0.4) is 0 Å². The lowest BCUT2D eigenvalue weighted by molar-refractivity contribution is -0.606. The number of nitrogens with zero attached hydrogens (tertiary/aromatic N) is 1. The van der Waals surface area contributed by atoms with E-state index in [1.807, 2.05) is 0 Å². The molecule has 1 amide bonds. The molecular weight excluding hydrogens is 212 g/mol. The Morgan fingerprint density at radius 3 is 2.59 bits per heavy atom. The molecule has 3 rings (SSSR count). The zero-order valence-electron chi connectivity index (χ0n) is 11.3. The van der Waals surface area contributed by atoms with Gasteiger partial charge in [0.2, 0.25) is 0 Å². The summed E-state index contributed by atoms with van der Waals surface area (Å²) >= 11 is 0. The van der Waals surface area contributed by atoms with Gasteiger partial charge in [0.15, 0.2) is 11.8 Å². The minimum Gasteiger partial charge on any atom is -0.269 e. The van der Waals surface area contributed by atoms with Crippen molar-refractivity contribution in [2.75, 3.05) is 0 Å². The van der Waals surface area contributed by atoms with Crippen LogP contribution < -0.4 is 5.43 Å². The Bertz CT molecular complexity index is 405. The zero-order valence-corrected chi connectivity index (χ0v) is 11.3. The molecule has 17 heavy (non-hydrogen) atoms. The maximum Gasteiger partial charge on any atom is 0.284 e. The predicted octanol–water partition coefficient (Wildman–Crippen LogP) is 1.97. The van der Waals surface area contributed by atoms with Gasteiger partial charge in [-0.1, -0.05) is 20.8 Å². The van der Waals surface area contributed by atoms with Crippen LogP contribution in [-0.4, -0.2) is 22.3 Å². The number of nitrogens with one attached hydrogen (secondary N) is 1. The van der Waals surface area contributed by atoms with Gasteiger partial charge in [0.1, 0.15) is 5.92 Å². The van der Waals surface area contributed by atoms with Gasteiger partial charge >= 0.3 is 0 Å². The zero-order chi connectivity index (χ0) is 12.4. The first-order valence-electron chi connectivity index (χ1n) is 6.83. The Labute approximate surface area is 103 Å². The molecule has 2 bridgehead atoms. The fourth-order valence-electron chi connectivity index (χ4n) is 3.94. The second kappa shape index (κ2) is 3.33. The Balaban J connectivity index is 2.02. The molecule has 0 spiro atoms. The second-order valence-electron chi connectivity index (χ2n) is 7.03. The SMILES string of the molecule is C/C(=[N+]1/NC(=O)C2C1[C@H]1CC[C@@H]2C1)C(C)(C)C. The monoisotopic (exact) mass is 235 g/mol. The molecule has 2 aliphatic carbocycles. The van der Waals surface area contributed by atoms with Crippen LogP contribution in [0.15, 0.2) is 0 Å². The number of hydrazone groups is 1. The highest BCUT2D eigenvalue weighted by molar-refractivity contribution is 5.86. The number of carbonyl (C=O) groups excluding carboxylic acids is 1. The molecule has 3 nitrogen and oxygen atoms in total. The van der Waals surface area contributed by atoms with Gasteiger partial charge in [0, 0.05) is 18.3 Å². The average molecular weight is 235 g/mol. The first-order valence-corrected chi connectivity index (χ1v) is 6.83. The highest BCUT2D eigenvalue weighted by Crippen LogP contribution is 2.51. The van der Waals surface area contributed by atoms with Crippen LogP contribution in [-0.2, 0) is 4.79 Å². The lowest BCUT2D eigenvalue weighted by Gasteiger charge is -2.21. The molecule has 1 N–H and O–H groups in total. The predicted molar refractivity (Wildman–Crippen MR) is 66.6 cm³/mol. The smallest absolute Gasteiger partial charge is 0.269 e. The number of carbonyl (C=O) groups is 1. The first kappa shape index (κ1) is 11.2. The van der Waals surface area contributed by atoms with Crippen LogP contribution in [0.4, 0.5) is 0 Å². The molecular formula is C14H23N2O+. The van der Waals surface area contributed by atoms with E-state index in [9.17, 15) is 4.79 Å². The van der Waals surface area contributed by atoms with Gasteiger partial charge in [-0.05, 0) is 25.2 Å². The summed E-state index contributed by atoms with van der Waals surface area (Å²) in [5.74, 6) is 1.93. The van der Waals surface area contributed by atoms with Gasteiger partial charge in [-0.3, -0.25) is 4.79 Å². The van der Waals surface area contributed by atoms with E-state index in [1.54, 1.807) is 0 Å². The van der Waals surface area contributed by atoms with Crippen LogP contribution in [0.1, 0.15) is 47.0 Å². The highest BCUT2D eigenvalue weighted by atomic mass is 16.2. The van der Waals surface area contributed by atoms with E-state index >= 15 is 0 Å². The van der Waals surface area contributed by atoms with Crippen molar-refractivity contribution in [2.24, 2.45) is 23.2 Å². The summed E-state index contributed by atoms with van der Waals surface area (Å²) < 4.78 is 2.21. The van der Waals surface area contributed by atoms with E-state index < -0.39 is 0 Å². The maximum absolute atomic E-state index is 12.1. The summed E-state index contributed by atoms with van der Waals surface area (Å²) in [6.07, 6.45) is 3.85. The molecule has 1 aliphatic heterocycles. The molecule has 3 fully saturated rings. The Morgan fingerprint density at radius 2 is 1.94 bits per heavy atom. The molecule has 2 unspecified atom stereocenters. The quantitative estimate of drug-likeness (QED) is 0.640. The van der Waals surface area contributed by atoms with Gasteiger partial charge in [0.25, 0.3) is 5.91 Å². The van der Waals surface area contributed by atoms with Crippen LogP contribution in [0.5, 0.6) is 0 Å². The second-order valence-corrected chi connectivity index (χ2v) is 7.03. The molecule has 1 heterocycles. The van der Waals surface area contributed by atoms with Gasteiger partial charge in [0.05, 0.1) is 0 Å². The van der Waals surface area contributed by atoms with Gasteiger partial charge < -0.3 is 0 Å². The van der Waals surface area contributed by atoms with Crippen molar-refractivity contribution < 1.29 is 9.48 Å². The van der Waals surface area contributed by atoms with E-state index in [-0.39, 0.29) is 17.2 Å². The minimum atomic E-state index is 0.129. The molecule has 4 atom stereocenters. The number of fused-ring (bicyclic) bond motifs is 5. The summed E-state index contributed by atoms with van der Waals surface area (Å²) in [6.45, 7) is 8.81. The van der Waals surface area contributed by atoms with E-state index in [2.05, 4.69) is 37.8 Å². The number of rotatable bonds is 0. The topological polar surface area (TPSA) is 32.1 Å². The third kappa shape index (κ3) is 1.47. The fourth-order valence-corrected chi connectivity index (χ4v) is 3.94. The summed E-state index contributed by atoms with van der Waals surface area (Å²) in [4.78, 5) is 12.1. The van der Waals surface area contributed by atoms with Crippen molar-refractivity contribution in [3.05, 3.63) is 0 Å². The van der Waals surface area contributed by atoms with Crippen molar-refractivity contribution >= 4 is 11.6 Å². The third-order valence-electron chi connectivity index (χ3n) is 5.15. The summed E-state index contributed by atoms with van der Waals surface area (Å²) in [5.41, 5.74) is 4.55. The van der Waals surface area contributed by atoms with E-state index in [0.29, 0.717) is 12.0 Å². The molecule has 3 aliphatic rings. The average Bonchev–Trinajstić information content (AvgIpc) is 2.87. The molecule has 0 aromatic rings. The van der Waals surface area contributed by atoms with Crippen molar-refractivity contribution in [1.29, 1.82) is 0 Å². The fraction of sp³-hybridized carbons (Fsp3) is 0.857. The van der Waals surface area contributed by atoms with Crippen molar-refractivity contribution in [1.82, 2.24) is 5.43 Å². The van der Waals surface area contributed by atoms with Gasteiger partial charge in [-0.2, -0.15) is 0 Å². The molecule has 2 saturated carbocycles. The van der Waals surface area contributed by atoms with Crippen LogP contribution in [0.2, 0.25) is 0 Å². The lowest BCUT2D eigenvalue weighted by atomic mass is 9.84. The van der Waals surface area contributed by atoms with Crippen LogP contribution in [0, 0.1) is 23.2 Å². The molecule has 94 valence electrons. The number of hydrazine groups is 1. The first-order chi connectivity index (χ1) is 7.89. The Hall–Kier alpha value is -0.860. The molecule has 0 aromatic heterocycles. The number of hydrogen-bond donors (Lipinski definition) is 1. The van der Waals surface area contributed by atoms with Crippen molar-refractivity contribution in [3.63, 3.8) is 0 Å². The maximum atomic E-state index is 12.1. The van der Waals surface area contributed by atoms with E-state index in [0.717, 1.165) is 5.92 Å². The van der Waals surface area contributed by atoms with Crippen molar-refractivity contribution in [2.45, 2.75) is 53.0 Å². The van der Waals surface area contributed by atoms with E-state index in [1.165, 1.54) is 25.0 Å². The van der Waals surface area contributed by atoms with Crippen molar-refractivity contribution in [3.8, 4) is 0 Å². The standard InChI is InChI=1S/C14H22N2O/c1-8(14(2,3)4)16-12-10-6-5-9(7-10)11(12)13(17)15-16/h9-12H,5-7H2,1-4H3/p+1/b16-8-/t9-,10+,11?,12?/m1/s1. The summed E-state index contributed by atoms with van der Waals surface area (Å²) in [5, 5.41) is 0. The van der Waals surface area contributed by atoms with Gasteiger partial charge in [-0.15, -0.1) is 10.1 Å². The summed E-state index contributed by atoms with van der Waals surface area (Å²) in [6, 6.07) is 0.445. The largest absolute Gasteiger partial charge is 0.284 e. The van der Waals surface area contributed by atoms with E-state index in [4.69, 9.17) is 0 Å². The number of amides is 1. The van der Waals surface area contributed by atoms with Crippen LogP contribution in [0.25, 0.3) is 0 Å². The third-order valence-corrected chi connectivity index (χ3v) is 5.15. The highest BCUT2D eigenvalue weighted by Gasteiger charge is 2.62. The molecule has 3 heteroatoms. The Kier molecular flexibility index (Phi) is 2.20.